The van der Waals surface area contributed by atoms with Crippen molar-refractivity contribution in [2.75, 3.05) is 19.7 Å². The molecule has 0 aromatic rings. The molecule has 4 N–H and O–H groups in total. The van der Waals surface area contributed by atoms with Crippen LogP contribution in [-0.4, -0.2) is 36.8 Å². The quantitative estimate of drug-likeness (QED) is 0.207. The predicted octanol–water partition coefficient (Wildman–Crippen LogP) is 1.94. The maximum absolute atomic E-state index is 8.70. The van der Waals surface area contributed by atoms with Gasteiger partial charge in [0, 0.05) is 18.6 Å². The molecule has 5 nitrogen and oxygen atoms in total. The minimum atomic E-state index is -0.220. The lowest BCUT2D eigenvalue weighted by molar-refractivity contribution is 0.105. The summed E-state index contributed by atoms with van der Waals surface area (Å²) in [6.45, 7) is 9.14. The predicted molar refractivity (Wildman–Crippen MR) is 77.4 cm³/mol. The standard InChI is InChI=1S/C14H29N3O2/c1-11-12(6-9-19-11)10-16-8-5-4-7-14(2,3)13(15)17-18/h11-12,16,18H,4-10H2,1-3H3,(H2,15,17). The molecule has 1 saturated heterocycles. The van der Waals surface area contributed by atoms with E-state index in [0.29, 0.717) is 17.9 Å². The number of hydrogen-bond donors (Lipinski definition) is 3. The van der Waals surface area contributed by atoms with Crippen LogP contribution >= 0.6 is 0 Å². The van der Waals surface area contributed by atoms with Crippen LogP contribution in [0.25, 0.3) is 0 Å². The average molecular weight is 271 g/mol. The summed E-state index contributed by atoms with van der Waals surface area (Å²) in [5.41, 5.74) is 5.44. The molecule has 1 rings (SSSR count). The van der Waals surface area contributed by atoms with Gasteiger partial charge in [0.25, 0.3) is 0 Å². The maximum Gasteiger partial charge on any atom is 0.144 e. The van der Waals surface area contributed by atoms with E-state index in [-0.39, 0.29) is 5.41 Å². The molecular formula is C14H29N3O2. The second-order valence-corrected chi connectivity index (χ2v) is 6.16. The Hall–Kier alpha value is -0.810. The van der Waals surface area contributed by atoms with Crippen molar-refractivity contribution < 1.29 is 9.94 Å². The molecule has 0 aromatic carbocycles. The number of nitrogens with zero attached hydrogens (tertiary/aromatic N) is 1. The van der Waals surface area contributed by atoms with Crippen molar-refractivity contribution in [3.05, 3.63) is 0 Å². The molecule has 2 unspecified atom stereocenters. The first-order valence-corrected chi connectivity index (χ1v) is 7.27. The van der Waals surface area contributed by atoms with Gasteiger partial charge in [-0.2, -0.15) is 0 Å². The van der Waals surface area contributed by atoms with Crippen LogP contribution in [0.1, 0.15) is 46.5 Å². The first-order chi connectivity index (χ1) is 8.97. The van der Waals surface area contributed by atoms with E-state index in [0.717, 1.165) is 39.0 Å². The van der Waals surface area contributed by atoms with Gasteiger partial charge in [-0.3, -0.25) is 0 Å². The number of hydrogen-bond acceptors (Lipinski definition) is 4. The second kappa shape index (κ2) is 7.70. The largest absolute Gasteiger partial charge is 0.409 e. The Morgan fingerprint density at radius 3 is 2.79 bits per heavy atom. The molecule has 0 radical (unpaired) electrons. The summed E-state index contributed by atoms with van der Waals surface area (Å²) in [4.78, 5) is 0. The molecule has 0 amide bonds. The zero-order valence-corrected chi connectivity index (χ0v) is 12.5. The lowest BCUT2D eigenvalue weighted by atomic mass is 9.86. The highest BCUT2D eigenvalue weighted by atomic mass is 16.5. The first-order valence-electron chi connectivity index (χ1n) is 7.27. The van der Waals surface area contributed by atoms with E-state index in [4.69, 9.17) is 15.7 Å². The van der Waals surface area contributed by atoms with Crippen LogP contribution in [0.4, 0.5) is 0 Å². The lowest BCUT2D eigenvalue weighted by Crippen LogP contribution is -2.32. The molecule has 1 aliphatic rings. The van der Waals surface area contributed by atoms with Crippen LogP contribution in [0.15, 0.2) is 5.16 Å². The summed E-state index contributed by atoms with van der Waals surface area (Å²) in [5.74, 6) is 0.978. The number of nitrogens with two attached hydrogens (primary N) is 1. The van der Waals surface area contributed by atoms with Crippen molar-refractivity contribution in [3.8, 4) is 0 Å². The summed E-state index contributed by atoms with van der Waals surface area (Å²) in [7, 11) is 0. The van der Waals surface area contributed by atoms with Gasteiger partial charge in [0.1, 0.15) is 5.84 Å². The van der Waals surface area contributed by atoms with E-state index in [2.05, 4.69) is 17.4 Å². The molecule has 0 bridgehead atoms. The van der Waals surface area contributed by atoms with Gasteiger partial charge < -0.3 is 21.0 Å². The van der Waals surface area contributed by atoms with Gasteiger partial charge in [0.05, 0.1) is 6.10 Å². The highest BCUT2D eigenvalue weighted by molar-refractivity contribution is 5.85. The average Bonchev–Trinajstić information content (AvgIpc) is 2.78. The third-order valence-corrected chi connectivity index (χ3v) is 4.15. The Kier molecular flexibility index (Phi) is 6.58. The number of rotatable bonds is 8. The second-order valence-electron chi connectivity index (χ2n) is 6.16. The van der Waals surface area contributed by atoms with Gasteiger partial charge in [-0.05, 0) is 38.6 Å². The summed E-state index contributed by atoms with van der Waals surface area (Å²) >= 11 is 0. The van der Waals surface area contributed by atoms with Crippen LogP contribution in [0.3, 0.4) is 0 Å². The molecule has 19 heavy (non-hydrogen) atoms. The molecular weight excluding hydrogens is 242 g/mol. The van der Waals surface area contributed by atoms with Crippen LogP contribution in [0, 0.1) is 11.3 Å². The molecule has 0 saturated carbocycles. The van der Waals surface area contributed by atoms with Gasteiger partial charge in [-0.15, -0.1) is 0 Å². The Balaban J connectivity index is 2.05. The molecule has 5 heteroatoms. The van der Waals surface area contributed by atoms with E-state index in [9.17, 15) is 0 Å². The Bertz CT molecular complexity index is 292. The van der Waals surface area contributed by atoms with E-state index < -0.39 is 0 Å². The highest BCUT2D eigenvalue weighted by Crippen LogP contribution is 2.23. The first kappa shape index (κ1) is 16.2. The van der Waals surface area contributed by atoms with Gasteiger partial charge in [0.2, 0.25) is 0 Å². The fourth-order valence-electron chi connectivity index (χ4n) is 2.41. The topological polar surface area (TPSA) is 79.9 Å². The van der Waals surface area contributed by atoms with Crippen molar-refractivity contribution in [1.82, 2.24) is 5.32 Å². The molecule has 0 aromatic heterocycles. The van der Waals surface area contributed by atoms with Crippen LogP contribution in [0.2, 0.25) is 0 Å². The van der Waals surface area contributed by atoms with Crippen LogP contribution < -0.4 is 11.1 Å². The number of oxime groups is 1. The Morgan fingerprint density at radius 2 is 2.21 bits per heavy atom. The molecule has 1 heterocycles. The molecule has 1 fully saturated rings. The normalized spacial score (nSPS) is 24.9. The lowest BCUT2D eigenvalue weighted by Gasteiger charge is -2.22. The van der Waals surface area contributed by atoms with Crippen molar-refractivity contribution in [3.63, 3.8) is 0 Å². The summed E-state index contributed by atoms with van der Waals surface area (Å²) in [6.07, 6.45) is 4.70. The minimum absolute atomic E-state index is 0.220. The summed E-state index contributed by atoms with van der Waals surface area (Å²) < 4.78 is 5.54. The van der Waals surface area contributed by atoms with E-state index in [1.54, 1.807) is 0 Å². The smallest absolute Gasteiger partial charge is 0.144 e. The van der Waals surface area contributed by atoms with Gasteiger partial charge in [-0.25, -0.2) is 0 Å². The van der Waals surface area contributed by atoms with Crippen molar-refractivity contribution >= 4 is 5.84 Å². The molecule has 0 spiro atoms. The molecule has 0 aliphatic carbocycles. The zero-order valence-electron chi connectivity index (χ0n) is 12.5. The van der Waals surface area contributed by atoms with E-state index in [1.807, 2.05) is 13.8 Å². The highest BCUT2D eigenvalue weighted by Gasteiger charge is 2.24. The Morgan fingerprint density at radius 1 is 1.47 bits per heavy atom. The molecule has 1 aliphatic heterocycles. The number of unbranched alkanes of at least 4 members (excludes halogenated alkanes) is 1. The number of ether oxygens (including phenoxy) is 1. The van der Waals surface area contributed by atoms with E-state index >= 15 is 0 Å². The summed E-state index contributed by atoms with van der Waals surface area (Å²) in [5, 5.41) is 15.3. The van der Waals surface area contributed by atoms with Crippen LogP contribution in [-0.2, 0) is 4.74 Å². The van der Waals surface area contributed by atoms with Crippen molar-refractivity contribution in [2.45, 2.75) is 52.6 Å². The fraction of sp³-hybridized carbons (Fsp3) is 0.929. The van der Waals surface area contributed by atoms with Crippen LogP contribution in [0.5, 0.6) is 0 Å². The number of nitrogens with one attached hydrogen (secondary N) is 1. The molecule has 2 atom stereocenters. The van der Waals surface area contributed by atoms with Crippen molar-refractivity contribution in [1.29, 1.82) is 0 Å². The molecule has 112 valence electrons. The van der Waals surface area contributed by atoms with Gasteiger partial charge in [0.15, 0.2) is 0 Å². The fourth-order valence-corrected chi connectivity index (χ4v) is 2.41. The van der Waals surface area contributed by atoms with Gasteiger partial charge in [-0.1, -0.05) is 25.4 Å². The minimum Gasteiger partial charge on any atom is -0.409 e. The zero-order chi connectivity index (χ0) is 14.3. The van der Waals surface area contributed by atoms with Gasteiger partial charge >= 0.3 is 0 Å². The maximum atomic E-state index is 8.70. The SMILES string of the molecule is CC1OCCC1CNCCCCC(C)(C)C(N)=NO. The summed E-state index contributed by atoms with van der Waals surface area (Å²) in [6, 6.07) is 0. The number of amidine groups is 1. The van der Waals surface area contributed by atoms with Crippen molar-refractivity contribution in [2.24, 2.45) is 22.2 Å². The monoisotopic (exact) mass is 271 g/mol. The third kappa shape index (κ3) is 5.37. The Labute approximate surface area is 116 Å². The third-order valence-electron chi connectivity index (χ3n) is 4.15. The van der Waals surface area contributed by atoms with E-state index in [1.165, 1.54) is 6.42 Å².